The molecular weight excluding hydrogens is 736 g/mol. The van der Waals surface area contributed by atoms with Crippen LogP contribution < -0.4 is 20.6 Å². The number of phenols is 2. The molecule has 0 aliphatic carbocycles. The van der Waals surface area contributed by atoms with Crippen molar-refractivity contribution in [2.45, 2.75) is 24.8 Å². The molecule has 3 heterocycles. The maximum atomic E-state index is 14.6. The zero-order valence-corrected chi connectivity index (χ0v) is 27.7. The van der Waals surface area contributed by atoms with Crippen molar-refractivity contribution in [1.29, 1.82) is 0 Å². The number of pyridine rings is 1. The fourth-order valence-electron chi connectivity index (χ4n) is 5.54. The van der Waals surface area contributed by atoms with E-state index in [-0.39, 0.29) is 43.6 Å². The smallest absolute Gasteiger partial charge is 0.534 e. The summed E-state index contributed by atoms with van der Waals surface area (Å²) in [5.41, 5.74) is -1.44. The molecule has 2 aromatic carbocycles. The zero-order valence-electron chi connectivity index (χ0n) is 26.9. The first kappa shape index (κ1) is 38.2. The van der Waals surface area contributed by atoms with Crippen LogP contribution in [0.15, 0.2) is 36.5 Å². The number of urea groups is 1. The molecule has 5 rings (SSSR count). The van der Waals surface area contributed by atoms with Gasteiger partial charge in [-0.3, -0.25) is 24.1 Å². The van der Waals surface area contributed by atoms with Crippen molar-refractivity contribution in [1.82, 2.24) is 30.7 Å². The highest BCUT2D eigenvalue weighted by Crippen LogP contribution is 2.40. The number of carbonyl (C=O) groups is 6. The molecule has 0 saturated carbocycles. The Labute approximate surface area is 301 Å². The Hall–Kier alpha value is -6.09. The lowest BCUT2D eigenvalue weighted by atomic mass is 9.72. The molecular formula is C31H27BClF3N6O11. The average Bonchev–Trinajstić information content (AvgIpc) is 3.11. The Balaban J connectivity index is 1.28. The number of piperazine rings is 1. The molecule has 1 unspecified atom stereocenters. The molecule has 1 fully saturated rings. The summed E-state index contributed by atoms with van der Waals surface area (Å²) in [6, 6.07) is 1.27. The summed E-state index contributed by atoms with van der Waals surface area (Å²) < 4.78 is 47.3. The summed E-state index contributed by atoms with van der Waals surface area (Å²) in [7, 11) is -1.98. The second kappa shape index (κ2) is 15.7. The number of hydrogen-bond acceptors (Lipinski definition) is 11. The summed E-state index contributed by atoms with van der Waals surface area (Å²) in [4.78, 5) is 81.6. The van der Waals surface area contributed by atoms with Crippen LogP contribution in [0.5, 0.6) is 17.2 Å². The molecule has 278 valence electrons. The summed E-state index contributed by atoms with van der Waals surface area (Å²) in [5, 5.41) is 46.1. The number of fused-ring (bicyclic) bond motifs is 1. The number of benzene rings is 2. The Bertz CT molecular complexity index is 2030. The number of amides is 6. The van der Waals surface area contributed by atoms with E-state index in [1.165, 1.54) is 6.07 Å². The molecule has 17 nitrogen and oxygen atoms in total. The number of rotatable bonds is 10. The van der Waals surface area contributed by atoms with Gasteiger partial charge < -0.3 is 45.8 Å². The molecule has 3 aromatic rings. The summed E-state index contributed by atoms with van der Waals surface area (Å²) >= 11 is 6.11. The largest absolute Gasteiger partial charge is 0.547 e. The number of imide groups is 1. The average molecular weight is 763 g/mol. The number of aromatic carboxylic acids is 1. The van der Waals surface area contributed by atoms with Gasteiger partial charge in [-0.2, -0.15) is 4.39 Å². The van der Waals surface area contributed by atoms with Crippen molar-refractivity contribution in [2.75, 3.05) is 26.2 Å². The molecule has 0 radical (unpaired) electrons. The summed E-state index contributed by atoms with van der Waals surface area (Å²) in [6.45, 7) is -0.585. The van der Waals surface area contributed by atoms with E-state index in [9.17, 15) is 62.3 Å². The van der Waals surface area contributed by atoms with Gasteiger partial charge in [0.25, 0.3) is 5.91 Å². The first-order valence-electron chi connectivity index (χ1n) is 15.5. The zero-order chi connectivity index (χ0) is 38.7. The van der Waals surface area contributed by atoms with E-state index in [1.54, 1.807) is 0 Å². The Morgan fingerprint density at radius 1 is 1.04 bits per heavy atom. The molecule has 22 heteroatoms. The van der Waals surface area contributed by atoms with Gasteiger partial charge >= 0.3 is 30.9 Å². The van der Waals surface area contributed by atoms with E-state index in [0.29, 0.717) is 11.0 Å². The van der Waals surface area contributed by atoms with Crippen LogP contribution >= 0.6 is 11.6 Å². The number of hydrogen-bond donors (Lipinski definition) is 7. The van der Waals surface area contributed by atoms with Gasteiger partial charge in [-0.15, -0.1) is 0 Å². The van der Waals surface area contributed by atoms with Gasteiger partial charge in [0.1, 0.15) is 23.2 Å². The minimum absolute atomic E-state index is 0.0153. The van der Waals surface area contributed by atoms with E-state index in [4.69, 9.17) is 16.3 Å². The lowest BCUT2D eigenvalue weighted by Gasteiger charge is -2.34. The number of nitrogens with zero attached hydrogens (tertiary/aromatic N) is 3. The van der Waals surface area contributed by atoms with E-state index < -0.39 is 112 Å². The van der Waals surface area contributed by atoms with Crippen LogP contribution in [-0.2, 0) is 20.8 Å². The fraction of sp³-hybridized carbons (Fsp3) is 0.258. The van der Waals surface area contributed by atoms with Gasteiger partial charge in [-0.1, -0.05) is 17.7 Å². The SMILES string of the molecule is O=C(NCCCN1CCN(C(=O)NC(C(=O)N[C@H]2Cc3ccc(F)c(C(=O)O)c3OB2O)c2cc(F)c(O)c(O)c2Cl)C(=O)C1=O)c1ccnc(F)c1. The topological polar surface area (TPSA) is 248 Å². The van der Waals surface area contributed by atoms with Gasteiger partial charge in [-0.25, -0.2) is 23.4 Å². The van der Waals surface area contributed by atoms with Crippen molar-refractivity contribution < 1.29 is 66.9 Å². The van der Waals surface area contributed by atoms with Crippen molar-refractivity contribution in [3.63, 3.8) is 0 Å². The lowest BCUT2D eigenvalue weighted by molar-refractivity contribution is -0.153. The first-order chi connectivity index (χ1) is 25.1. The number of carboxylic acids is 1. The van der Waals surface area contributed by atoms with Crippen molar-refractivity contribution in [3.8, 4) is 17.2 Å². The number of aromatic hydroxyl groups is 2. The maximum Gasteiger partial charge on any atom is 0.547 e. The molecule has 1 saturated heterocycles. The van der Waals surface area contributed by atoms with E-state index in [1.807, 2.05) is 0 Å². The van der Waals surface area contributed by atoms with Crippen LogP contribution in [0.2, 0.25) is 5.02 Å². The van der Waals surface area contributed by atoms with Crippen LogP contribution in [0.25, 0.3) is 0 Å². The van der Waals surface area contributed by atoms with Crippen molar-refractivity contribution in [2.24, 2.45) is 0 Å². The van der Waals surface area contributed by atoms with Crippen molar-refractivity contribution >= 4 is 54.3 Å². The Kier molecular flexibility index (Phi) is 11.3. The highest BCUT2D eigenvalue weighted by atomic mass is 35.5. The molecule has 0 bridgehead atoms. The fourth-order valence-corrected chi connectivity index (χ4v) is 5.80. The van der Waals surface area contributed by atoms with Crippen LogP contribution in [0.4, 0.5) is 18.0 Å². The highest BCUT2D eigenvalue weighted by molar-refractivity contribution is 6.47. The Morgan fingerprint density at radius 2 is 1.77 bits per heavy atom. The van der Waals surface area contributed by atoms with Gasteiger partial charge in [0, 0.05) is 49.6 Å². The Morgan fingerprint density at radius 3 is 2.47 bits per heavy atom. The molecule has 2 aliphatic heterocycles. The van der Waals surface area contributed by atoms with Crippen LogP contribution in [0.3, 0.4) is 0 Å². The highest BCUT2D eigenvalue weighted by Gasteiger charge is 2.42. The monoisotopic (exact) mass is 762 g/mol. The van der Waals surface area contributed by atoms with Gasteiger partial charge in [0.2, 0.25) is 11.9 Å². The lowest BCUT2D eigenvalue weighted by Crippen LogP contribution is -2.60. The van der Waals surface area contributed by atoms with E-state index in [0.717, 1.165) is 29.3 Å². The van der Waals surface area contributed by atoms with E-state index in [2.05, 4.69) is 20.9 Å². The van der Waals surface area contributed by atoms with Gasteiger partial charge in [-0.05, 0) is 36.6 Å². The minimum atomic E-state index is -2.08. The molecule has 7 N–H and O–H groups in total. The summed E-state index contributed by atoms with van der Waals surface area (Å²) in [5.74, 6) is -13.9. The number of halogens is 4. The second-order valence-corrected chi connectivity index (χ2v) is 12.0. The van der Waals surface area contributed by atoms with Gasteiger partial charge in [0.05, 0.1) is 11.0 Å². The number of phenolic OH excluding ortho intramolecular Hbond substituents is 2. The first-order valence-corrected chi connectivity index (χ1v) is 15.9. The molecule has 0 spiro atoms. The number of nitrogens with one attached hydrogen (secondary N) is 3. The quantitative estimate of drug-likeness (QED) is 0.0495. The predicted octanol–water partition coefficient (Wildman–Crippen LogP) is 0.643. The predicted molar refractivity (Wildman–Crippen MR) is 173 cm³/mol. The third-order valence-electron chi connectivity index (χ3n) is 8.22. The van der Waals surface area contributed by atoms with E-state index >= 15 is 0 Å². The minimum Gasteiger partial charge on any atom is -0.534 e. The standard InChI is InChI=1S/C31H27BClF3N6O11/c33-21-15(12-17(35)23(43)24(21)44)22(27(46)39-18-10-13-2-3-16(34)20(30(49)50)25(13)53-32(18)52)40-31(51)42-9-8-41(28(47)29(42)48)7-1-5-38-26(45)14-4-6-37-19(36)11-14/h2-4,6,11-12,18,22,43-44,52H,1,5,7-10H2,(H,38,45)(H,39,46)(H,40,51)(H,49,50)/t18-,22?/m0/s1. The molecule has 6 amide bonds. The second-order valence-electron chi connectivity index (χ2n) is 11.6. The molecule has 1 aromatic heterocycles. The maximum absolute atomic E-state index is 14.6. The van der Waals surface area contributed by atoms with Crippen molar-refractivity contribution in [3.05, 3.63) is 81.4 Å². The number of carboxylic acid groups (broad SMARTS) is 1. The number of carbonyl (C=O) groups excluding carboxylic acids is 5. The van der Waals surface area contributed by atoms with Crippen LogP contribution in [0.1, 0.15) is 44.3 Å². The molecule has 2 atom stereocenters. The molecule has 2 aliphatic rings. The van der Waals surface area contributed by atoms with Crippen LogP contribution in [-0.4, -0.2) is 110 Å². The van der Waals surface area contributed by atoms with Crippen LogP contribution in [0, 0.1) is 17.6 Å². The molecule has 53 heavy (non-hydrogen) atoms. The number of aromatic nitrogens is 1. The third kappa shape index (κ3) is 8.04. The van der Waals surface area contributed by atoms with Gasteiger partial charge in [0.15, 0.2) is 17.3 Å². The summed E-state index contributed by atoms with van der Waals surface area (Å²) in [6.07, 6.45) is 0.932. The normalized spacial score (nSPS) is 16.0. The third-order valence-corrected chi connectivity index (χ3v) is 8.62.